The number of carbonyl (C=O) groups excluding carboxylic acids is 1. The molecule has 154 valence electrons. The molecule has 6 heteroatoms. The van der Waals surface area contributed by atoms with E-state index in [1.807, 2.05) is 24.8 Å². The van der Waals surface area contributed by atoms with Crippen LogP contribution in [0.25, 0.3) is 0 Å². The highest BCUT2D eigenvalue weighted by Gasteiger charge is 2.31. The molecule has 2 rings (SSSR count). The lowest BCUT2D eigenvalue weighted by atomic mass is 9.95. The molecule has 0 spiro atoms. The summed E-state index contributed by atoms with van der Waals surface area (Å²) >= 11 is 1.30. The second kappa shape index (κ2) is 11.2. The highest BCUT2D eigenvalue weighted by Crippen LogP contribution is 2.26. The van der Waals surface area contributed by atoms with Crippen molar-refractivity contribution in [1.82, 2.24) is 4.90 Å². The van der Waals surface area contributed by atoms with Gasteiger partial charge in [-0.25, -0.2) is 4.79 Å². The van der Waals surface area contributed by atoms with Crippen LogP contribution in [0.15, 0.2) is 12.1 Å². The number of amides is 1. The van der Waals surface area contributed by atoms with E-state index >= 15 is 0 Å². The van der Waals surface area contributed by atoms with Crippen molar-refractivity contribution in [1.29, 1.82) is 0 Å². The van der Waals surface area contributed by atoms with E-state index in [-0.39, 0.29) is 24.0 Å². The summed E-state index contributed by atoms with van der Waals surface area (Å²) in [4.78, 5) is 26.6. The van der Waals surface area contributed by atoms with Crippen molar-refractivity contribution in [2.75, 3.05) is 6.54 Å². The van der Waals surface area contributed by atoms with Crippen molar-refractivity contribution in [3.63, 3.8) is 0 Å². The van der Waals surface area contributed by atoms with Gasteiger partial charge in [0.05, 0.1) is 6.10 Å². The van der Waals surface area contributed by atoms with Crippen molar-refractivity contribution in [2.45, 2.75) is 77.4 Å². The van der Waals surface area contributed by atoms with E-state index in [2.05, 4.69) is 11.8 Å². The minimum absolute atomic E-state index is 0.145. The van der Waals surface area contributed by atoms with Gasteiger partial charge >= 0.3 is 5.97 Å². The van der Waals surface area contributed by atoms with Gasteiger partial charge in [0.2, 0.25) is 5.91 Å². The molecule has 3 atom stereocenters. The first-order chi connectivity index (χ1) is 13.4. The van der Waals surface area contributed by atoms with E-state index in [1.54, 1.807) is 6.07 Å². The Labute approximate surface area is 171 Å². The lowest BCUT2D eigenvalue weighted by Gasteiger charge is -2.26. The van der Waals surface area contributed by atoms with Crippen LogP contribution in [0, 0.1) is 17.8 Å². The lowest BCUT2D eigenvalue weighted by molar-refractivity contribution is -0.129. The first kappa shape index (κ1) is 22.4. The summed E-state index contributed by atoms with van der Waals surface area (Å²) < 4.78 is 0. The number of hydrogen-bond donors (Lipinski definition) is 2. The zero-order valence-electron chi connectivity index (χ0n) is 16.8. The number of aliphatic hydroxyl groups is 1. The number of aliphatic hydroxyl groups excluding tert-OH is 1. The second-order valence-corrected chi connectivity index (χ2v) is 8.66. The first-order valence-corrected chi connectivity index (χ1v) is 11.0. The van der Waals surface area contributed by atoms with Crippen molar-refractivity contribution < 1.29 is 19.8 Å². The minimum Gasteiger partial charge on any atom is -0.477 e. The van der Waals surface area contributed by atoms with E-state index in [0.29, 0.717) is 30.7 Å². The number of hydrogen-bond acceptors (Lipinski definition) is 4. The van der Waals surface area contributed by atoms with Crippen LogP contribution in [0.3, 0.4) is 0 Å². The number of carboxylic acid groups (broad SMARTS) is 1. The number of rotatable bonds is 10. The number of likely N-dealkylation sites (tertiary alicyclic amines) is 1. The SMILES string of the molecule is CCC#CC[C@H](C)[C@H](O)CC[C@H]1CCC(=O)N1CCCc1ccc(C(=O)O)s1. The smallest absolute Gasteiger partial charge is 0.345 e. The summed E-state index contributed by atoms with van der Waals surface area (Å²) in [7, 11) is 0. The van der Waals surface area contributed by atoms with Gasteiger partial charge in [0.1, 0.15) is 4.88 Å². The number of aromatic carboxylic acids is 1. The molecule has 1 aromatic rings. The molecule has 1 amide bonds. The molecule has 0 aromatic carbocycles. The predicted molar refractivity (Wildman–Crippen MR) is 111 cm³/mol. The number of carboxylic acids is 1. The van der Waals surface area contributed by atoms with Gasteiger partial charge in [0.25, 0.3) is 0 Å². The third-order valence-corrected chi connectivity index (χ3v) is 6.46. The van der Waals surface area contributed by atoms with Crippen LogP contribution in [0.5, 0.6) is 0 Å². The monoisotopic (exact) mass is 405 g/mol. The molecule has 5 nitrogen and oxygen atoms in total. The van der Waals surface area contributed by atoms with E-state index in [9.17, 15) is 14.7 Å². The third kappa shape index (κ3) is 6.65. The molecule has 2 N–H and O–H groups in total. The Balaban J connectivity index is 1.77. The standard InChI is InChI=1S/C22H31NO4S/c1-3-4-5-7-16(2)19(24)12-9-17-10-14-21(25)23(17)15-6-8-18-11-13-20(28-18)22(26)27/h11,13,16-17,19,24H,3,6-10,12,14-15H2,1-2H3,(H,26,27)/t16-,17-,19+/m0/s1. The molecule has 1 aliphatic rings. The van der Waals surface area contributed by atoms with Crippen molar-refractivity contribution in [3.05, 3.63) is 21.9 Å². The average Bonchev–Trinajstić information content (AvgIpc) is 3.27. The number of thiophene rings is 1. The molecule has 0 radical (unpaired) electrons. The van der Waals surface area contributed by atoms with E-state index in [4.69, 9.17) is 5.11 Å². The van der Waals surface area contributed by atoms with Gasteiger partial charge in [-0.1, -0.05) is 13.8 Å². The molecular formula is C22H31NO4S. The molecule has 0 aliphatic carbocycles. The molecule has 1 saturated heterocycles. The van der Waals surface area contributed by atoms with Crippen molar-refractivity contribution in [3.8, 4) is 11.8 Å². The topological polar surface area (TPSA) is 77.8 Å². The van der Waals surface area contributed by atoms with Gasteiger partial charge in [0.15, 0.2) is 0 Å². The summed E-state index contributed by atoms with van der Waals surface area (Å²) in [6.45, 7) is 4.74. The highest BCUT2D eigenvalue weighted by molar-refractivity contribution is 7.13. The fourth-order valence-electron chi connectivity index (χ4n) is 3.59. The molecule has 0 bridgehead atoms. The van der Waals surface area contributed by atoms with Gasteiger partial charge < -0.3 is 15.1 Å². The molecule has 2 heterocycles. The van der Waals surface area contributed by atoms with Crippen molar-refractivity contribution >= 4 is 23.2 Å². The summed E-state index contributed by atoms with van der Waals surface area (Å²) in [6.07, 6.45) is 5.73. The van der Waals surface area contributed by atoms with Crippen LogP contribution in [0.2, 0.25) is 0 Å². The van der Waals surface area contributed by atoms with E-state index in [1.165, 1.54) is 11.3 Å². The average molecular weight is 406 g/mol. The van der Waals surface area contributed by atoms with Crippen LogP contribution >= 0.6 is 11.3 Å². The number of nitrogens with zero attached hydrogens (tertiary/aromatic N) is 1. The Bertz CT molecular complexity index is 718. The first-order valence-electron chi connectivity index (χ1n) is 10.2. The van der Waals surface area contributed by atoms with Crippen LogP contribution in [-0.2, 0) is 11.2 Å². The summed E-state index contributed by atoms with van der Waals surface area (Å²) in [6, 6.07) is 3.70. The van der Waals surface area contributed by atoms with Gasteiger partial charge in [-0.3, -0.25) is 4.79 Å². The Morgan fingerprint density at radius 1 is 1.39 bits per heavy atom. The Kier molecular flexibility index (Phi) is 9.01. The highest BCUT2D eigenvalue weighted by atomic mass is 32.1. The largest absolute Gasteiger partial charge is 0.477 e. The Morgan fingerprint density at radius 3 is 2.86 bits per heavy atom. The summed E-state index contributed by atoms with van der Waals surface area (Å²) in [5, 5.41) is 19.4. The van der Waals surface area contributed by atoms with Crippen molar-refractivity contribution in [2.24, 2.45) is 5.92 Å². The van der Waals surface area contributed by atoms with Crippen LogP contribution < -0.4 is 0 Å². The second-order valence-electron chi connectivity index (χ2n) is 7.49. The molecule has 1 aromatic heterocycles. The maximum atomic E-state index is 12.2. The number of aryl methyl sites for hydroxylation is 1. The van der Waals surface area contributed by atoms with E-state index in [0.717, 1.165) is 37.0 Å². The van der Waals surface area contributed by atoms with Gasteiger partial charge in [-0.05, 0) is 50.2 Å². The van der Waals surface area contributed by atoms with Crippen LogP contribution in [0.4, 0.5) is 0 Å². The van der Waals surface area contributed by atoms with Gasteiger partial charge in [-0.2, -0.15) is 0 Å². The minimum atomic E-state index is -0.889. The van der Waals surface area contributed by atoms with E-state index < -0.39 is 5.97 Å². The predicted octanol–water partition coefficient (Wildman–Crippen LogP) is 3.95. The summed E-state index contributed by atoms with van der Waals surface area (Å²) in [5.74, 6) is 5.59. The molecule has 1 fully saturated rings. The maximum Gasteiger partial charge on any atom is 0.345 e. The Hall–Kier alpha value is -1.84. The molecule has 28 heavy (non-hydrogen) atoms. The lowest BCUT2D eigenvalue weighted by Crippen LogP contribution is -2.35. The number of carbonyl (C=O) groups is 2. The molecule has 0 saturated carbocycles. The third-order valence-electron chi connectivity index (χ3n) is 5.33. The summed E-state index contributed by atoms with van der Waals surface area (Å²) in [5.41, 5.74) is 0. The van der Waals surface area contributed by atoms with Crippen LogP contribution in [0.1, 0.15) is 73.3 Å². The normalized spacial score (nSPS) is 18.6. The van der Waals surface area contributed by atoms with Gasteiger partial charge in [-0.15, -0.1) is 23.2 Å². The molecule has 1 aliphatic heterocycles. The maximum absolute atomic E-state index is 12.2. The zero-order chi connectivity index (χ0) is 20.5. The fourth-order valence-corrected chi connectivity index (χ4v) is 4.48. The van der Waals surface area contributed by atoms with Gasteiger partial charge in [0, 0.05) is 36.7 Å². The quantitative estimate of drug-likeness (QED) is 0.578. The molecular weight excluding hydrogens is 374 g/mol. The fraction of sp³-hybridized carbons (Fsp3) is 0.636. The zero-order valence-corrected chi connectivity index (χ0v) is 17.6. The molecule has 0 unspecified atom stereocenters. The van der Waals surface area contributed by atoms with Crippen LogP contribution in [-0.4, -0.2) is 45.7 Å². The Morgan fingerprint density at radius 2 is 2.18 bits per heavy atom.